The maximum Gasteiger partial charge on any atom is 0.260 e. The van der Waals surface area contributed by atoms with Crippen molar-refractivity contribution in [1.82, 2.24) is 9.29 Å². The Morgan fingerprint density at radius 3 is 2.50 bits per heavy atom. The molecule has 0 aliphatic carbocycles. The van der Waals surface area contributed by atoms with Gasteiger partial charge in [-0.3, -0.25) is 9.78 Å². The van der Waals surface area contributed by atoms with Gasteiger partial charge in [0.2, 0.25) is 10.0 Å². The standard InChI is InChI=1S/C27H25N3O3S/c31-27(24-18-19-7-2-3-8-22(19)23-9-6-13-28-26(23)24)30-16-12-20-17-21(10-11-25(20)30)34(32,33)29-14-4-1-5-15-29/h2-3,6-11,13,17-18H,1,4-5,12,14-16H2. The number of pyridine rings is 1. The molecule has 0 atom stereocenters. The van der Waals surface area contributed by atoms with Crippen molar-refractivity contribution >= 4 is 43.3 Å². The fourth-order valence-corrected chi connectivity index (χ4v) is 6.81. The number of benzene rings is 3. The zero-order valence-corrected chi connectivity index (χ0v) is 19.6. The molecule has 0 spiro atoms. The third-order valence-electron chi connectivity index (χ3n) is 6.99. The molecule has 4 aromatic rings. The van der Waals surface area contributed by atoms with E-state index in [0.29, 0.717) is 42.0 Å². The fraction of sp³-hybridized carbons (Fsp3) is 0.259. The first-order chi connectivity index (χ1) is 16.5. The van der Waals surface area contributed by atoms with Crippen molar-refractivity contribution in [3.05, 3.63) is 78.0 Å². The minimum atomic E-state index is -3.51. The molecule has 2 aliphatic rings. The van der Waals surface area contributed by atoms with E-state index in [4.69, 9.17) is 0 Å². The maximum absolute atomic E-state index is 13.8. The van der Waals surface area contributed by atoms with E-state index in [9.17, 15) is 13.2 Å². The molecule has 0 saturated carbocycles. The predicted octanol–water partition coefficient (Wildman–Crippen LogP) is 4.77. The van der Waals surface area contributed by atoms with Crippen LogP contribution in [-0.2, 0) is 16.4 Å². The Balaban J connectivity index is 1.38. The molecule has 6 rings (SSSR count). The number of carbonyl (C=O) groups excluding carboxylic acids is 1. The van der Waals surface area contributed by atoms with Gasteiger partial charge in [-0.15, -0.1) is 0 Å². The molecule has 2 aliphatic heterocycles. The Bertz CT molecular complexity index is 1540. The first kappa shape index (κ1) is 21.3. The van der Waals surface area contributed by atoms with Crippen LogP contribution >= 0.6 is 0 Å². The van der Waals surface area contributed by atoms with Crippen molar-refractivity contribution in [2.75, 3.05) is 24.5 Å². The smallest absolute Gasteiger partial charge is 0.260 e. The van der Waals surface area contributed by atoms with Gasteiger partial charge in [0.1, 0.15) is 0 Å². The SMILES string of the molecule is O=C(c1cc2ccccc2c2cccnc12)N1CCc2cc(S(=O)(=O)N3CCCCC3)ccc21. The highest BCUT2D eigenvalue weighted by atomic mass is 32.2. The average molecular weight is 472 g/mol. The van der Waals surface area contributed by atoms with E-state index in [2.05, 4.69) is 4.98 Å². The third kappa shape index (κ3) is 3.38. The highest BCUT2D eigenvalue weighted by Gasteiger charge is 2.31. The second kappa shape index (κ2) is 8.18. The lowest BCUT2D eigenvalue weighted by atomic mass is 10.00. The van der Waals surface area contributed by atoms with Crippen molar-refractivity contribution < 1.29 is 13.2 Å². The van der Waals surface area contributed by atoms with Crippen molar-refractivity contribution in [2.24, 2.45) is 0 Å². The molecular weight excluding hydrogens is 446 g/mol. The van der Waals surface area contributed by atoms with Crippen LogP contribution in [0.5, 0.6) is 0 Å². The van der Waals surface area contributed by atoms with E-state index >= 15 is 0 Å². The molecule has 0 N–H and O–H groups in total. The van der Waals surface area contributed by atoms with E-state index in [1.165, 1.54) is 0 Å². The summed E-state index contributed by atoms with van der Waals surface area (Å²) in [6.45, 7) is 1.67. The molecule has 1 fully saturated rings. The van der Waals surface area contributed by atoms with Crippen molar-refractivity contribution in [2.45, 2.75) is 30.6 Å². The van der Waals surface area contributed by atoms with Gasteiger partial charge in [-0.25, -0.2) is 8.42 Å². The lowest BCUT2D eigenvalue weighted by molar-refractivity contribution is 0.0991. The lowest BCUT2D eigenvalue weighted by Crippen LogP contribution is -2.35. The minimum Gasteiger partial charge on any atom is -0.308 e. The Morgan fingerprint density at radius 1 is 0.853 bits per heavy atom. The van der Waals surface area contributed by atoms with Gasteiger partial charge in [-0.2, -0.15) is 4.31 Å². The zero-order chi connectivity index (χ0) is 23.3. The summed E-state index contributed by atoms with van der Waals surface area (Å²) >= 11 is 0. The molecule has 0 radical (unpaired) electrons. The van der Waals surface area contributed by atoms with Gasteiger partial charge < -0.3 is 4.90 Å². The monoisotopic (exact) mass is 471 g/mol. The summed E-state index contributed by atoms with van der Waals surface area (Å²) in [6, 6.07) is 19.0. The zero-order valence-electron chi connectivity index (χ0n) is 18.8. The number of hydrogen-bond acceptors (Lipinski definition) is 4. The van der Waals surface area contributed by atoms with Crippen LogP contribution in [0, 0.1) is 0 Å². The Morgan fingerprint density at radius 2 is 1.65 bits per heavy atom. The van der Waals surface area contributed by atoms with Crippen LogP contribution in [-0.4, -0.2) is 43.2 Å². The van der Waals surface area contributed by atoms with Crippen LogP contribution < -0.4 is 4.90 Å². The number of sulfonamides is 1. The van der Waals surface area contributed by atoms with E-state index in [0.717, 1.165) is 46.7 Å². The summed E-state index contributed by atoms with van der Waals surface area (Å²) in [5, 5.41) is 3.01. The van der Waals surface area contributed by atoms with Gasteiger partial charge in [-0.1, -0.05) is 36.8 Å². The summed E-state index contributed by atoms with van der Waals surface area (Å²) in [7, 11) is -3.51. The Labute approximate surface area is 198 Å². The van der Waals surface area contributed by atoms with E-state index in [1.54, 1.807) is 33.6 Å². The molecule has 1 amide bonds. The molecule has 6 nitrogen and oxygen atoms in total. The molecule has 34 heavy (non-hydrogen) atoms. The number of piperidine rings is 1. The van der Waals surface area contributed by atoms with Crippen molar-refractivity contribution in [3.8, 4) is 0 Å². The van der Waals surface area contributed by atoms with E-state index in [1.807, 2.05) is 42.5 Å². The Hall–Kier alpha value is -3.29. The largest absolute Gasteiger partial charge is 0.308 e. The number of carbonyl (C=O) groups is 1. The topological polar surface area (TPSA) is 70.6 Å². The normalized spacial score (nSPS) is 16.8. The molecule has 3 aromatic carbocycles. The maximum atomic E-state index is 13.8. The Kier molecular flexibility index (Phi) is 5.12. The van der Waals surface area contributed by atoms with Crippen LogP contribution in [0.15, 0.2) is 71.8 Å². The van der Waals surface area contributed by atoms with Gasteiger partial charge in [0.25, 0.3) is 5.91 Å². The number of fused-ring (bicyclic) bond motifs is 4. The molecule has 0 unspecified atom stereocenters. The van der Waals surface area contributed by atoms with Crippen LogP contribution in [0.4, 0.5) is 5.69 Å². The predicted molar refractivity (Wildman–Crippen MR) is 134 cm³/mol. The summed E-state index contributed by atoms with van der Waals surface area (Å²) in [5.74, 6) is -0.111. The van der Waals surface area contributed by atoms with Crippen LogP contribution in [0.3, 0.4) is 0 Å². The van der Waals surface area contributed by atoms with Crippen molar-refractivity contribution in [3.63, 3.8) is 0 Å². The fourth-order valence-electron chi connectivity index (χ4n) is 5.24. The number of aromatic nitrogens is 1. The second-order valence-corrected chi connectivity index (χ2v) is 10.9. The van der Waals surface area contributed by atoms with E-state index < -0.39 is 10.0 Å². The molecular formula is C27H25N3O3S. The first-order valence-corrected chi connectivity index (χ1v) is 13.2. The second-order valence-electron chi connectivity index (χ2n) is 9.01. The van der Waals surface area contributed by atoms with Gasteiger partial charge in [0.15, 0.2) is 0 Å². The van der Waals surface area contributed by atoms with Gasteiger partial charge in [-0.05, 0) is 65.9 Å². The first-order valence-electron chi connectivity index (χ1n) is 11.8. The van der Waals surface area contributed by atoms with Crippen LogP contribution in [0.25, 0.3) is 21.7 Å². The molecule has 3 heterocycles. The quantitative estimate of drug-likeness (QED) is 0.404. The average Bonchev–Trinajstić information content (AvgIpc) is 3.32. The molecule has 7 heteroatoms. The number of amides is 1. The minimum absolute atomic E-state index is 0.111. The highest BCUT2D eigenvalue weighted by Crippen LogP contribution is 2.35. The van der Waals surface area contributed by atoms with Crippen LogP contribution in [0.1, 0.15) is 35.2 Å². The van der Waals surface area contributed by atoms with Gasteiger partial charge in [0, 0.05) is 36.9 Å². The molecule has 1 aromatic heterocycles. The number of nitrogens with zero attached hydrogens (tertiary/aromatic N) is 3. The summed E-state index contributed by atoms with van der Waals surface area (Å²) in [6.07, 6.45) is 5.22. The lowest BCUT2D eigenvalue weighted by Gasteiger charge is -2.26. The summed E-state index contributed by atoms with van der Waals surface area (Å²) in [4.78, 5) is 20.4. The van der Waals surface area contributed by atoms with Gasteiger partial charge >= 0.3 is 0 Å². The number of rotatable bonds is 3. The van der Waals surface area contributed by atoms with Crippen LogP contribution in [0.2, 0.25) is 0 Å². The number of hydrogen-bond donors (Lipinski definition) is 0. The molecule has 172 valence electrons. The number of anilines is 1. The third-order valence-corrected chi connectivity index (χ3v) is 8.88. The summed E-state index contributed by atoms with van der Waals surface area (Å²) < 4.78 is 27.9. The highest BCUT2D eigenvalue weighted by molar-refractivity contribution is 7.89. The molecule has 0 bridgehead atoms. The summed E-state index contributed by atoms with van der Waals surface area (Å²) in [5.41, 5.74) is 2.92. The van der Waals surface area contributed by atoms with Gasteiger partial charge in [0.05, 0.1) is 16.0 Å². The van der Waals surface area contributed by atoms with E-state index in [-0.39, 0.29) is 5.91 Å². The van der Waals surface area contributed by atoms with Crippen molar-refractivity contribution in [1.29, 1.82) is 0 Å². The molecule has 1 saturated heterocycles.